The first-order valence-corrected chi connectivity index (χ1v) is 9.54. The fourth-order valence-electron chi connectivity index (χ4n) is 1.02. The normalized spacial score (nSPS) is 13.0. The number of carbonyl (C=O) groups is 2. The Balaban J connectivity index is 4.69. The molecule has 0 aromatic carbocycles. The van der Waals surface area contributed by atoms with Crippen molar-refractivity contribution in [1.29, 1.82) is 0 Å². The molecule has 5 nitrogen and oxygen atoms in total. The zero-order valence-corrected chi connectivity index (χ0v) is 14.3. The minimum Gasteiger partial charge on any atom is -0.495 e. The van der Waals surface area contributed by atoms with Crippen molar-refractivity contribution in [3.05, 3.63) is 11.8 Å². The first-order valence-electron chi connectivity index (χ1n) is 6.63. The lowest BCUT2D eigenvalue weighted by Gasteiger charge is -2.36. The molecule has 0 N–H and O–H groups in total. The van der Waals surface area contributed by atoms with Crippen LogP contribution in [0.1, 0.15) is 27.2 Å². The first kappa shape index (κ1) is 18.9. The van der Waals surface area contributed by atoms with Crippen molar-refractivity contribution in [2.45, 2.75) is 45.3 Å². The van der Waals surface area contributed by atoms with Crippen LogP contribution in [0, 0.1) is 0 Å². The Hall–Kier alpha value is -1.14. The Labute approximate surface area is 122 Å². The molecule has 0 saturated carbocycles. The number of hydrogen-bond donors (Lipinski definition) is 0. The number of carbonyl (C=O) groups excluding carboxylic acids is 2. The van der Waals surface area contributed by atoms with Gasteiger partial charge in [-0.2, -0.15) is 0 Å². The lowest BCUT2D eigenvalue weighted by molar-refractivity contribution is -0.135. The third-order valence-electron chi connectivity index (χ3n) is 3.38. The average Bonchev–Trinajstić information content (AvgIpc) is 2.34. The van der Waals surface area contributed by atoms with E-state index in [-0.39, 0.29) is 24.7 Å². The molecule has 116 valence electrons. The molecule has 0 fully saturated rings. The van der Waals surface area contributed by atoms with Gasteiger partial charge < -0.3 is 18.7 Å². The maximum Gasteiger partial charge on any atom is 0.333 e. The molecule has 0 spiro atoms. The Kier molecular flexibility index (Phi) is 7.74. The van der Waals surface area contributed by atoms with Crippen LogP contribution in [0.3, 0.4) is 0 Å². The summed E-state index contributed by atoms with van der Waals surface area (Å²) >= 11 is 0. The van der Waals surface area contributed by atoms with Crippen LogP contribution in [0.4, 0.5) is 0 Å². The van der Waals surface area contributed by atoms with Crippen molar-refractivity contribution in [3.63, 3.8) is 0 Å². The summed E-state index contributed by atoms with van der Waals surface area (Å²) in [4.78, 5) is 21.6. The Morgan fingerprint density at radius 1 is 1.25 bits per heavy atom. The first-order chi connectivity index (χ1) is 9.14. The maximum absolute atomic E-state index is 11.3. The van der Waals surface area contributed by atoms with Crippen molar-refractivity contribution >= 4 is 20.6 Å². The van der Waals surface area contributed by atoms with Gasteiger partial charge in [0.1, 0.15) is 12.0 Å². The number of hydrogen-bond acceptors (Lipinski definition) is 5. The van der Waals surface area contributed by atoms with E-state index >= 15 is 0 Å². The molecule has 0 aromatic heterocycles. The van der Waals surface area contributed by atoms with Gasteiger partial charge in [-0.25, -0.2) is 4.79 Å². The van der Waals surface area contributed by atoms with Gasteiger partial charge in [0.25, 0.3) is 0 Å². The quantitative estimate of drug-likeness (QED) is 0.172. The van der Waals surface area contributed by atoms with Crippen molar-refractivity contribution in [1.82, 2.24) is 0 Å². The molecule has 0 aliphatic carbocycles. The minimum atomic E-state index is -1.92. The van der Waals surface area contributed by atoms with Crippen molar-refractivity contribution in [2.24, 2.45) is 0 Å². The Morgan fingerprint density at radius 3 is 2.30 bits per heavy atom. The summed E-state index contributed by atoms with van der Waals surface area (Å²) in [6, 6.07) is 0. The molecule has 0 unspecified atom stereocenters. The second-order valence-electron chi connectivity index (χ2n) is 5.99. The molecule has 0 aromatic rings. The molecule has 0 aliphatic heterocycles. The minimum absolute atomic E-state index is 0.0756. The monoisotopic (exact) mass is 302 g/mol. The van der Waals surface area contributed by atoms with Crippen LogP contribution in [0.25, 0.3) is 0 Å². The molecule has 6 heteroatoms. The second kappa shape index (κ2) is 8.21. The highest BCUT2D eigenvalue weighted by molar-refractivity contribution is 6.74. The molecule has 0 aliphatic rings. The molecule has 0 radical (unpaired) electrons. The fourth-order valence-corrected chi connectivity index (χ4v) is 1.96. The number of esters is 1. The molecule has 20 heavy (non-hydrogen) atoms. The lowest BCUT2D eigenvalue weighted by atomic mass is 10.2. The summed E-state index contributed by atoms with van der Waals surface area (Å²) in [5.74, 6) is -0.103. The van der Waals surface area contributed by atoms with E-state index in [2.05, 4.69) is 38.6 Å². The fraction of sp³-hybridized carbons (Fsp3) is 0.714. The number of methoxy groups -OCH3 is 1. The average molecular weight is 302 g/mol. The van der Waals surface area contributed by atoms with Gasteiger partial charge in [0.15, 0.2) is 8.32 Å². The molecule has 0 amide bonds. The van der Waals surface area contributed by atoms with Gasteiger partial charge in [-0.1, -0.05) is 20.8 Å². The SMILES string of the molecule is COC(=O)/C=C(\CO[Si](C)(C)C(C)(C)C)OCCC=O. The number of ether oxygens (including phenoxy) is 2. The van der Waals surface area contributed by atoms with Gasteiger partial charge in [0.2, 0.25) is 0 Å². The molecule has 0 heterocycles. The van der Waals surface area contributed by atoms with E-state index in [0.29, 0.717) is 5.76 Å². The van der Waals surface area contributed by atoms with E-state index < -0.39 is 14.3 Å². The summed E-state index contributed by atoms with van der Waals surface area (Å²) in [5, 5.41) is 0.0756. The van der Waals surface area contributed by atoms with Gasteiger partial charge in [0.05, 0.1) is 26.4 Å². The van der Waals surface area contributed by atoms with E-state index in [1.165, 1.54) is 13.2 Å². The van der Waals surface area contributed by atoms with Crippen molar-refractivity contribution in [3.8, 4) is 0 Å². The molecule has 0 bridgehead atoms. The predicted octanol–water partition coefficient (Wildman–Crippen LogP) is 2.67. The molecule has 0 rings (SSSR count). The zero-order chi connectivity index (χ0) is 15.8. The summed E-state index contributed by atoms with van der Waals surface area (Å²) < 4.78 is 15.9. The third-order valence-corrected chi connectivity index (χ3v) is 7.86. The van der Waals surface area contributed by atoms with Gasteiger partial charge >= 0.3 is 5.97 Å². The Morgan fingerprint density at radius 2 is 1.85 bits per heavy atom. The van der Waals surface area contributed by atoms with Crippen LogP contribution in [0.15, 0.2) is 11.8 Å². The largest absolute Gasteiger partial charge is 0.495 e. The maximum atomic E-state index is 11.3. The molecular formula is C14H26O5Si. The third kappa shape index (κ3) is 6.86. The van der Waals surface area contributed by atoms with Crippen molar-refractivity contribution in [2.75, 3.05) is 20.3 Å². The van der Waals surface area contributed by atoms with Gasteiger partial charge in [-0.05, 0) is 18.1 Å². The highest BCUT2D eigenvalue weighted by Gasteiger charge is 2.37. The summed E-state index contributed by atoms with van der Waals surface area (Å²) in [6.07, 6.45) is 2.31. The van der Waals surface area contributed by atoms with E-state index in [1.807, 2.05) is 0 Å². The van der Waals surface area contributed by atoms with Crippen molar-refractivity contribution < 1.29 is 23.5 Å². The topological polar surface area (TPSA) is 61.8 Å². The highest BCUT2D eigenvalue weighted by Crippen LogP contribution is 2.36. The summed E-state index contributed by atoms with van der Waals surface area (Å²) in [7, 11) is -0.617. The summed E-state index contributed by atoms with van der Waals surface area (Å²) in [5.41, 5.74) is 0. The summed E-state index contributed by atoms with van der Waals surface area (Å²) in [6.45, 7) is 11.1. The molecular weight excluding hydrogens is 276 g/mol. The van der Waals surface area contributed by atoms with Crippen LogP contribution in [0.5, 0.6) is 0 Å². The van der Waals surface area contributed by atoms with Gasteiger partial charge in [0, 0.05) is 6.42 Å². The van der Waals surface area contributed by atoms with Gasteiger partial charge in [-0.15, -0.1) is 0 Å². The molecule has 0 atom stereocenters. The van der Waals surface area contributed by atoms with Crippen LogP contribution in [-0.2, 0) is 23.5 Å². The number of aldehydes is 1. The van der Waals surface area contributed by atoms with Crippen LogP contribution >= 0.6 is 0 Å². The molecule has 0 saturated heterocycles. The van der Waals surface area contributed by atoms with E-state index in [0.717, 1.165) is 6.29 Å². The van der Waals surface area contributed by atoms with E-state index in [4.69, 9.17) is 9.16 Å². The highest BCUT2D eigenvalue weighted by atomic mass is 28.4. The van der Waals surface area contributed by atoms with Crippen LogP contribution in [0.2, 0.25) is 18.1 Å². The Bertz CT molecular complexity index is 355. The second-order valence-corrected chi connectivity index (χ2v) is 10.8. The predicted molar refractivity (Wildman–Crippen MR) is 79.9 cm³/mol. The smallest absolute Gasteiger partial charge is 0.333 e. The number of rotatable bonds is 8. The van der Waals surface area contributed by atoms with E-state index in [9.17, 15) is 9.59 Å². The van der Waals surface area contributed by atoms with Crippen LogP contribution < -0.4 is 0 Å². The van der Waals surface area contributed by atoms with Crippen LogP contribution in [-0.4, -0.2) is 40.9 Å². The zero-order valence-electron chi connectivity index (χ0n) is 13.3. The lowest BCUT2D eigenvalue weighted by Crippen LogP contribution is -2.41. The van der Waals surface area contributed by atoms with E-state index in [1.54, 1.807) is 0 Å². The van der Waals surface area contributed by atoms with Gasteiger partial charge in [-0.3, -0.25) is 0 Å². The standard InChI is InChI=1S/C14H26O5Si/c1-14(2,3)20(5,6)19-11-12(10-13(16)17-4)18-9-7-8-15/h8,10H,7,9,11H2,1-6H3/b12-10+.